The van der Waals surface area contributed by atoms with Crippen LogP contribution in [0.4, 0.5) is 0 Å². The summed E-state index contributed by atoms with van der Waals surface area (Å²) in [5.74, 6) is 0. The first kappa shape index (κ1) is 26.6. The zero-order chi connectivity index (χ0) is 28.0. The van der Waals surface area contributed by atoms with Crippen LogP contribution in [0.2, 0.25) is 0 Å². The Morgan fingerprint density at radius 2 is 1.37 bits per heavy atom. The Morgan fingerprint density at radius 1 is 0.756 bits per heavy atom. The van der Waals surface area contributed by atoms with E-state index in [2.05, 4.69) is 71.4 Å². The Balaban J connectivity index is 0.000000148. The van der Waals surface area contributed by atoms with Gasteiger partial charge in [-0.05, 0) is 47.5 Å². The minimum Gasteiger partial charge on any atom is -0.326 e. The highest BCUT2D eigenvalue weighted by atomic mass is 32.1. The molecule has 41 heavy (non-hydrogen) atoms. The van der Waals surface area contributed by atoms with Gasteiger partial charge in [0.1, 0.15) is 21.8 Å². The molecule has 7 nitrogen and oxygen atoms in total. The second-order valence-corrected chi connectivity index (χ2v) is 11.0. The van der Waals surface area contributed by atoms with Gasteiger partial charge in [-0.3, -0.25) is 8.80 Å². The van der Waals surface area contributed by atoms with Gasteiger partial charge >= 0.3 is 0 Å². The number of nitrogens with two attached hydrogens (primary N) is 1. The monoisotopic (exact) mass is 573 g/mol. The molecule has 5 aromatic heterocycles. The number of pyridine rings is 2. The molecule has 9 heteroatoms. The van der Waals surface area contributed by atoms with Crippen LogP contribution in [0, 0.1) is 0 Å². The first-order chi connectivity index (χ1) is 20.2. The molecule has 0 radical (unpaired) electrons. The Labute approximate surface area is 247 Å². The number of thiocarbonyl (C=S) groups is 1. The van der Waals surface area contributed by atoms with Crippen LogP contribution in [0.3, 0.4) is 0 Å². The maximum atomic E-state index is 5.57. The molecule has 2 N–H and O–H groups in total. The largest absolute Gasteiger partial charge is 0.326 e. The average Bonchev–Trinajstić information content (AvgIpc) is 3.78. The molecule has 0 aliphatic rings. The van der Waals surface area contributed by atoms with E-state index in [1.807, 2.05) is 67.3 Å². The molecule has 0 atom stereocenters. The second kappa shape index (κ2) is 12.3. The van der Waals surface area contributed by atoms with Gasteiger partial charge in [-0.15, -0.1) is 21.5 Å². The topological polar surface area (TPSA) is 86.4 Å². The Bertz CT molecular complexity index is 1920. The lowest BCUT2D eigenvalue weighted by molar-refractivity contribution is 1.00. The third-order valence-corrected chi connectivity index (χ3v) is 7.68. The van der Waals surface area contributed by atoms with E-state index in [4.69, 9.17) is 18.0 Å². The number of hydrogen-bond donors (Lipinski definition) is 1. The zero-order valence-corrected chi connectivity index (χ0v) is 23.8. The Morgan fingerprint density at radius 3 is 1.95 bits per heavy atom. The summed E-state index contributed by atoms with van der Waals surface area (Å²) in [6.45, 7) is 0.454. The van der Waals surface area contributed by atoms with Crippen molar-refractivity contribution in [2.24, 2.45) is 5.73 Å². The van der Waals surface area contributed by atoms with Gasteiger partial charge in [-0.1, -0.05) is 60.7 Å². The molecule has 0 amide bonds. The van der Waals surface area contributed by atoms with Crippen LogP contribution in [0.25, 0.3) is 33.8 Å². The van der Waals surface area contributed by atoms with Crippen molar-refractivity contribution in [3.05, 3.63) is 131 Å². The predicted molar refractivity (Wildman–Crippen MR) is 169 cm³/mol. The van der Waals surface area contributed by atoms with Crippen molar-refractivity contribution >= 4 is 39.7 Å². The lowest BCUT2D eigenvalue weighted by Gasteiger charge is -2.06. The SMILES string of the molecule is NCC(=S)Cc1cccc(-c2cnc3ccccn23)c1.c1cc(Cc2nncs2)cc(-c2cnc3ccccn23)c1. The van der Waals surface area contributed by atoms with Crippen LogP contribution in [-0.2, 0) is 12.8 Å². The zero-order valence-electron chi connectivity index (χ0n) is 22.2. The van der Waals surface area contributed by atoms with Crippen molar-refractivity contribution in [1.82, 2.24) is 29.0 Å². The molecule has 7 rings (SSSR count). The molecule has 0 bridgehead atoms. The fourth-order valence-corrected chi connectivity index (χ4v) is 5.45. The van der Waals surface area contributed by atoms with Crippen molar-refractivity contribution < 1.29 is 0 Å². The molecular weight excluding hydrogens is 547 g/mol. The van der Waals surface area contributed by atoms with Gasteiger partial charge in [0.05, 0.1) is 23.8 Å². The lowest BCUT2D eigenvalue weighted by Crippen LogP contribution is -2.13. The smallest absolute Gasteiger partial charge is 0.137 e. The second-order valence-electron chi connectivity index (χ2n) is 9.47. The molecule has 7 aromatic rings. The van der Waals surface area contributed by atoms with Crippen molar-refractivity contribution in [1.29, 1.82) is 0 Å². The maximum Gasteiger partial charge on any atom is 0.137 e. The first-order valence-corrected chi connectivity index (χ1v) is 14.5. The summed E-state index contributed by atoms with van der Waals surface area (Å²) in [5, 5.41) is 9.02. The fourth-order valence-electron chi connectivity index (χ4n) is 4.72. The molecule has 0 fully saturated rings. The van der Waals surface area contributed by atoms with E-state index >= 15 is 0 Å². The first-order valence-electron chi connectivity index (χ1n) is 13.2. The summed E-state index contributed by atoms with van der Waals surface area (Å²) >= 11 is 6.80. The van der Waals surface area contributed by atoms with Crippen molar-refractivity contribution in [3.63, 3.8) is 0 Å². The molecule has 5 heterocycles. The minimum absolute atomic E-state index is 0.454. The Kier molecular flexibility index (Phi) is 7.99. The summed E-state index contributed by atoms with van der Waals surface area (Å²) in [5.41, 5.74) is 16.2. The molecule has 0 aliphatic carbocycles. The van der Waals surface area contributed by atoms with Gasteiger partial charge in [0.25, 0.3) is 0 Å². The van der Waals surface area contributed by atoms with Crippen molar-refractivity contribution in [2.45, 2.75) is 12.8 Å². The van der Waals surface area contributed by atoms with E-state index in [1.54, 1.807) is 16.8 Å². The van der Waals surface area contributed by atoms with E-state index < -0.39 is 0 Å². The van der Waals surface area contributed by atoms with Crippen molar-refractivity contribution in [2.75, 3.05) is 6.54 Å². The molecule has 0 saturated carbocycles. The highest BCUT2D eigenvalue weighted by Crippen LogP contribution is 2.24. The molecule has 202 valence electrons. The van der Waals surface area contributed by atoms with Gasteiger partial charge in [0.2, 0.25) is 0 Å². The van der Waals surface area contributed by atoms with Crippen LogP contribution >= 0.6 is 23.6 Å². The van der Waals surface area contributed by atoms with Gasteiger partial charge in [0, 0.05) is 47.8 Å². The molecule has 0 unspecified atom stereocenters. The standard InChI is InChI=1S/C16H12N4S.C16H15N3S/c1-2-7-20-14(10-17-15(20)6-1)13-5-3-4-12(8-13)9-16-19-18-11-21-16;17-10-14(20)9-12-4-3-5-13(8-12)15-11-18-16-6-1-2-7-19(15)16/h1-8,10-11H,9H2;1-8,11H,9-10,17H2. The summed E-state index contributed by atoms with van der Waals surface area (Å²) in [6, 6.07) is 28.9. The number of aromatic nitrogens is 6. The van der Waals surface area contributed by atoms with Crippen molar-refractivity contribution in [3.8, 4) is 22.5 Å². The highest BCUT2D eigenvalue weighted by molar-refractivity contribution is 7.80. The van der Waals surface area contributed by atoms with Crippen LogP contribution in [0.5, 0.6) is 0 Å². The van der Waals surface area contributed by atoms with Gasteiger partial charge in [-0.2, -0.15) is 0 Å². The summed E-state index contributed by atoms with van der Waals surface area (Å²) in [6.07, 6.45) is 9.44. The fraction of sp³-hybridized carbons (Fsp3) is 0.0938. The lowest BCUT2D eigenvalue weighted by atomic mass is 10.0. The quantitative estimate of drug-likeness (QED) is 0.225. The van der Waals surface area contributed by atoms with Crippen LogP contribution < -0.4 is 5.73 Å². The molecular formula is C32H27N7S2. The highest BCUT2D eigenvalue weighted by Gasteiger charge is 2.08. The summed E-state index contributed by atoms with van der Waals surface area (Å²) in [7, 11) is 0. The molecule has 0 spiro atoms. The number of hydrogen-bond acceptors (Lipinski definition) is 7. The predicted octanol–water partition coefficient (Wildman–Crippen LogP) is 6.32. The molecule has 2 aromatic carbocycles. The molecule has 0 aliphatic heterocycles. The number of nitrogens with zero attached hydrogens (tertiary/aromatic N) is 6. The average molecular weight is 574 g/mol. The third-order valence-electron chi connectivity index (χ3n) is 6.67. The maximum absolute atomic E-state index is 5.57. The number of benzene rings is 2. The van der Waals surface area contributed by atoms with Crippen LogP contribution in [-0.4, -0.2) is 40.4 Å². The third kappa shape index (κ3) is 6.12. The van der Waals surface area contributed by atoms with Crippen LogP contribution in [0.1, 0.15) is 16.1 Å². The van der Waals surface area contributed by atoms with E-state index in [0.29, 0.717) is 6.54 Å². The summed E-state index contributed by atoms with van der Waals surface area (Å²) in [4.78, 5) is 9.74. The molecule has 0 saturated heterocycles. The summed E-state index contributed by atoms with van der Waals surface area (Å²) < 4.78 is 4.18. The normalized spacial score (nSPS) is 11.0. The van der Waals surface area contributed by atoms with Crippen LogP contribution in [0.15, 0.2) is 115 Å². The van der Waals surface area contributed by atoms with Gasteiger partial charge in [-0.25, -0.2) is 9.97 Å². The van der Waals surface area contributed by atoms with E-state index in [0.717, 1.165) is 56.5 Å². The number of rotatable bonds is 7. The van der Waals surface area contributed by atoms with E-state index in [1.165, 1.54) is 11.1 Å². The van der Waals surface area contributed by atoms with Gasteiger partial charge in [0.15, 0.2) is 0 Å². The number of imidazole rings is 2. The van der Waals surface area contributed by atoms with E-state index in [-0.39, 0.29) is 0 Å². The number of fused-ring (bicyclic) bond motifs is 2. The minimum atomic E-state index is 0.454. The Hall–Kier alpha value is -4.57. The van der Waals surface area contributed by atoms with Gasteiger partial charge < -0.3 is 5.73 Å². The van der Waals surface area contributed by atoms with E-state index in [9.17, 15) is 0 Å².